The van der Waals surface area contributed by atoms with Gasteiger partial charge in [-0.1, -0.05) is 30.0 Å². The zero-order chi connectivity index (χ0) is 22.1. The first-order chi connectivity index (χ1) is 14.9. The van der Waals surface area contributed by atoms with Gasteiger partial charge in [0.1, 0.15) is 12.4 Å². The summed E-state index contributed by atoms with van der Waals surface area (Å²) < 4.78 is 6.04. The summed E-state index contributed by atoms with van der Waals surface area (Å²) in [5.74, 6) is 7.32. The maximum atomic E-state index is 9.78. The normalized spacial score (nSPS) is 12.5. The fraction of sp³-hybridized carbons (Fsp3) is 0.333. The summed E-state index contributed by atoms with van der Waals surface area (Å²) in [5.41, 5.74) is 3.71. The molecular weight excluding hydrogens is 420 g/mol. The van der Waals surface area contributed by atoms with E-state index < -0.39 is 0 Å². The van der Waals surface area contributed by atoms with E-state index in [2.05, 4.69) is 79.1 Å². The molecule has 2 heterocycles. The molecule has 0 fully saturated rings. The van der Waals surface area contributed by atoms with Crippen molar-refractivity contribution < 1.29 is 9.84 Å². The summed E-state index contributed by atoms with van der Waals surface area (Å²) in [6.07, 6.45) is 5.58. The Balaban J connectivity index is 1.53. The maximum absolute atomic E-state index is 9.78. The van der Waals surface area contributed by atoms with E-state index in [1.165, 1.54) is 21.6 Å². The Morgan fingerprint density at radius 2 is 2.00 bits per heavy atom. The number of rotatable bonds is 9. The lowest BCUT2D eigenvalue weighted by molar-refractivity contribution is 0.226. The molecule has 0 aliphatic rings. The lowest BCUT2D eigenvalue weighted by Crippen LogP contribution is -2.08. The van der Waals surface area contributed by atoms with Gasteiger partial charge in [-0.05, 0) is 103 Å². The van der Waals surface area contributed by atoms with Gasteiger partial charge < -0.3 is 9.84 Å². The number of allylic oxidation sites excluding steroid dienone is 2. The first-order valence-electron chi connectivity index (χ1n) is 10.5. The summed E-state index contributed by atoms with van der Waals surface area (Å²) in [7, 11) is 0. The van der Waals surface area contributed by atoms with Crippen molar-refractivity contribution in [2.24, 2.45) is 11.3 Å². The van der Waals surface area contributed by atoms with Gasteiger partial charge >= 0.3 is 0 Å². The van der Waals surface area contributed by atoms with Crippen molar-refractivity contribution in [1.29, 1.82) is 0 Å². The first kappa shape index (κ1) is 23.3. The molecule has 31 heavy (non-hydrogen) atoms. The molecule has 0 radical (unpaired) electrons. The average Bonchev–Trinajstić information content (AvgIpc) is 3.42. The molecule has 0 saturated carbocycles. The van der Waals surface area contributed by atoms with Gasteiger partial charge in [0.05, 0.1) is 0 Å². The highest BCUT2D eigenvalue weighted by Crippen LogP contribution is 2.28. The second-order valence-corrected chi connectivity index (χ2v) is 10.4. The SMILES string of the molecule is CC(C)(C)C#C/C=C/CC(CO)Cc1cccc(OCc2cc(-c3ccsc3)cs2)c1. The molecule has 0 spiro atoms. The minimum atomic E-state index is 0.00966. The van der Waals surface area contributed by atoms with E-state index in [1.807, 2.05) is 18.2 Å². The second-order valence-electron chi connectivity index (χ2n) is 8.66. The van der Waals surface area contributed by atoms with Crippen LogP contribution < -0.4 is 4.74 Å². The van der Waals surface area contributed by atoms with E-state index in [1.54, 1.807) is 22.7 Å². The van der Waals surface area contributed by atoms with Crippen LogP contribution in [0.1, 0.15) is 37.6 Å². The summed E-state index contributed by atoms with van der Waals surface area (Å²) in [6, 6.07) is 12.5. The number of aliphatic hydroxyl groups excluding tert-OH is 1. The predicted molar refractivity (Wildman–Crippen MR) is 134 cm³/mol. The Morgan fingerprint density at radius 3 is 2.74 bits per heavy atom. The lowest BCUT2D eigenvalue weighted by atomic mass is 9.96. The van der Waals surface area contributed by atoms with Gasteiger partial charge in [0, 0.05) is 16.9 Å². The minimum Gasteiger partial charge on any atom is -0.488 e. The molecule has 1 atom stereocenters. The van der Waals surface area contributed by atoms with Crippen molar-refractivity contribution in [3.05, 3.63) is 75.1 Å². The van der Waals surface area contributed by atoms with Crippen molar-refractivity contribution in [2.75, 3.05) is 6.61 Å². The molecule has 3 aromatic rings. The van der Waals surface area contributed by atoms with Crippen LogP contribution in [0.3, 0.4) is 0 Å². The Kier molecular flexibility index (Phi) is 8.54. The molecule has 162 valence electrons. The molecule has 0 aliphatic carbocycles. The standard InChI is InChI=1S/C27H30O2S2/c1-27(2,3)12-6-4-5-8-22(17-28)14-21-9-7-10-25(15-21)29-18-26-16-24(20-31-26)23-11-13-30-19-23/h4-5,7,9-11,13,15-16,19-20,22,28H,8,14,17-18H2,1-3H3/b5-4+. The monoisotopic (exact) mass is 450 g/mol. The Hall–Kier alpha value is -2.32. The zero-order valence-corrected chi connectivity index (χ0v) is 20.1. The van der Waals surface area contributed by atoms with E-state index >= 15 is 0 Å². The fourth-order valence-corrected chi connectivity index (χ4v) is 4.56. The molecule has 4 heteroatoms. The van der Waals surface area contributed by atoms with Gasteiger partial charge in [-0.2, -0.15) is 11.3 Å². The number of ether oxygens (including phenoxy) is 1. The molecule has 1 unspecified atom stereocenters. The second kappa shape index (κ2) is 11.3. The van der Waals surface area contributed by atoms with E-state index in [-0.39, 0.29) is 17.9 Å². The minimum absolute atomic E-state index is 0.00966. The van der Waals surface area contributed by atoms with Crippen LogP contribution in [-0.4, -0.2) is 11.7 Å². The third-order valence-corrected chi connectivity index (χ3v) is 6.28. The van der Waals surface area contributed by atoms with Gasteiger partial charge in [0.15, 0.2) is 0 Å². The van der Waals surface area contributed by atoms with Gasteiger partial charge in [-0.25, -0.2) is 0 Å². The van der Waals surface area contributed by atoms with Crippen LogP contribution in [0.5, 0.6) is 5.75 Å². The molecule has 3 rings (SSSR count). The molecule has 1 aromatic carbocycles. The number of hydrogen-bond acceptors (Lipinski definition) is 4. The Bertz CT molecular complexity index is 1030. The van der Waals surface area contributed by atoms with E-state index in [4.69, 9.17) is 4.74 Å². The van der Waals surface area contributed by atoms with Crippen molar-refractivity contribution >= 4 is 22.7 Å². The van der Waals surface area contributed by atoms with Crippen LogP contribution in [0.4, 0.5) is 0 Å². The van der Waals surface area contributed by atoms with Crippen LogP contribution in [-0.2, 0) is 13.0 Å². The third-order valence-electron chi connectivity index (χ3n) is 4.69. The summed E-state index contributed by atoms with van der Waals surface area (Å²) in [4.78, 5) is 1.21. The summed E-state index contributed by atoms with van der Waals surface area (Å²) in [6.45, 7) is 7.01. The zero-order valence-electron chi connectivity index (χ0n) is 18.4. The van der Waals surface area contributed by atoms with Crippen LogP contribution in [0.25, 0.3) is 11.1 Å². The van der Waals surface area contributed by atoms with E-state index in [0.717, 1.165) is 18.6 Å². The number of benzene rings is 1. The van der Waals surface area contributed by atoms with Crippen LogP contribution >= 0.6 is 22.7 Å². The van der Waals surface area contributed by atoms with Crippen molar-refractivity contribution in [3.63, 3.8) is 0 Å². The average molecular weight is 451 g/mol. The van der Waals surface area contributed by atoms with E-state index in [0.29, 0.717) is 6.61 Å². The van der Waals surface area contributed by atoms with Crippen LogP contribution in [0, 0.1) is 23.2 Å². The highest BCUT2D eigenvalue weighted by atomic mass is 32.1. The van der Waals surface area contributed by atoms with Crippen molar-refractivity contribution in [1.82, 2.24) is 0 Å². The predicted octanol–water partition coefficient (Wildman–Crippen LogP) is 7.20. The highest BCUT2D eigenvalue weighted by molar-refractivity contribution is 7.10. The van der Waals surface area contributed by atoms with Crippen molar-refractivity contribution in [3.8, 4) is 28.7 Å². The Labute approximate surface area is 194 Å². The molecule has 0 aliphatic heterocycles. The van der Waals surface area contributed by atoms with Gasteiger partial charge in [0.2, 0.25) is 0 Å². The summed E-state index contributed by atoms with van der Waals surface area (Å²) in [5, 5.41) is 16.2. The van der Waals surface area contributed by atoms with Crippen LogP contribution in [0.2, 0.25) is 0 Å². The Morgan fingerprint density at radius 1 is 1.13 bits per heavy atom. The summed E-state index contributed by atoms with van der Waals surface area (Å²) >= 11 is 3.44. The topological polar surface area (TPSA) is 29.5 Å². The molecule has 2 aromatic heterocycles. The smallest absolute Gasteiger partial charge is 0.122 e. The third kappa shape index (κ3) is 8.03. The molecule has 0 amide bonds. The van der Waals surface area contributed by atoms with Crippen molar-refractivity contribution in [2.45, 2.75) is 40.2 Å². The molecule has 2 nitrogen and oxygen atoms in total. The van der Waals surface area contributed by atoms with E-state index in [9.17, 15) is 5.11 Å². The maximum Gasteiger partial charge on any atom is 0.122 e. The van der Waals surface area contributed by atoms with Gasteiger partial charge in [0.25, 0.3) is 0 Å². The first-order valence-corrected chi connectivity index (χ1v) is 12.4. The molecule has 1 N–H and O–H groups in total. The van der Waals surface area contributed by atoms with Gasteiger partial charge in [-0.15, -0.1) is 11.3 Å². The molecule has 0 bridgehead atoms. The molecular formula is C27H30O2S2. The van der Waals surface area contributed by atoms with Crippen LogP contribution in [0.15, 0.2) is 64.7 Å². The number of aliphatic hydroxyl groups is 1. The molecule has 0 saturated heterocycles. The fourth-order valence-electron chi connectivity index (χ4n) is 3.09. The quantitative estimate of drug-likeness (QED) is 0.349. The highest BCUT2D eigenvalue weighted by Gasteiger charge is 2.09. The lowest BCUT2D eigenvalue weighted by Gasteiger charge is -2.13. The largest absolute Gasteiger partial charge is 0.488 e. The van der Waals surface area contributed by atoms with Gasteiger partial charge in [-0.3, -0.25) is 0 Å². The number of hydrogen-bond donors (Lipinski definition) is 1. The number of thiophene rings is 2.